The van der Waals surface area contributed by atoms with E-state index in [0.29, 0.717) is 11.0 Å². The molecule has 0 aromatic heterocycles. The van der Waals surface area contributed by atoms with Crippen molar-refractivity contribution in [1.29, 1.82) is 0 Å². The molecule has 1 unspecified atom stereocenters. The second-order valence-electron chi connectivity index (χ2n) is 8.94. The molecular weight excluding hydrogens is 404 g/mol. The highest BCUT2D eigenvalue weighted by atomic mass is 16.4. The second kappa shape index (κ2) is 22.5. The Kier molecular flexibility index (Phi) is 22.9. The molecule has 6 nitrogen and oxygen atoms in total. The summed E-state index contributed by atoms with van der Waals surface area (Å²) >= 11 is 0. The number of aliphatic hydroxyl groups excluding tert-OH is 1. The van der Waals surface area contributed by atoms with E-state index in [0.717, 1.165) is 25.8 Å². The molecule has 3 N–H and O–H groups in total. The summed E-state index contributed by atoms with van der Waals surface area (Å²) in [6.45, 7) is 6.57. The van der Waals surface area contributed by atoms with E-state index < -0.39 is 12.1 Å². The van der Waals surface area contributed by atoms with Crippen molar-refractivity contribution in [2.24, 2.45) is 0 Å². The highest BCUT2D eigenvalue weighted by Gasteiger charge is 2.16. The summed E-state index contributed by atoms with van der Waals surface area (Å²) in [5, 5.41) is 15.8. The van der Waals surface area contributed by atoms with Gasteiger partial charge in [0.25, 0.3) is 5.91 Å². The molecule has 0 aliphatic rings. The monoisotopic (exact) mass is 455 g/mol. The number of aliphatic carboxylic acids is 1. The molecule has 0 saturated heterocycles. The number of unbranched alkanes of at least 4 members (excludes halogenated alkanes) is 8. The third-order valence-electron chi connectivity index (χ3n) is 4.92. The van der Waals surface area contributed by atoms with Gasteiger partial charge in [-0.15, -0.1) is 0 Å². The van der Waals surface area contributed by atoms with E-state index >= 15 is 0 Å². The molecule has 0 aromatic rings. The van der Waals surface area contributed by atoms with Crippen LogP contribution < -0.4 is 5.43 Å². The molecule has 0 fully saturated rings. The van der Waals surface area contributed by atoms with Gasteiger partial charge in [0.2, 0.25) is 0 Å². The highest BCUT2D eigenvalue weighted by Crippen LogP contribution is 2.08. The predicted molar refractivity (Wildman–Crippen MR) is 134 cm³/mol. The van der Waals surface area contributed by atoms with E-state index in [-0.39, 0.29) is 5.91 Å². The number of hydrogen-bond donors (Lipinski definition) is 3. The maximum atomic E-state index is 11.9. The number of carboxylic acids is 1. The summed E-state index contributed by atoms with van der Waals surface area (Å²) in [6.07, 6.45) is 23.2. The Labute approximate surface area is 197 Å². The first-order chi connectivity index (χ1) is 15.2. The van der Waals surface area contributed by atoms with E-state index in [1.54, 1.807) is 0 Å². The Morgan fingerprint density at radius 1 is 0.844 bits per heavy atom. The minimum absolute atomic E-state index is 0.189. The first-order valence-electron chi connectivity index (χ1n) is 12.5. The van der Waals surface area contributed by atoms with Gasteiger partial charge in [-0.2, -0.15) is 0 Å². The van der Waals surface area contributed by atoms with Crippen molar-refractivity contribution < 1.29 is 24.4 Å². The van der Waals surface area contributed by atoms with Crippen molar-refractivity contribution >= 4 is 11.9 Å². The van der Waals surface area contributed by atoms with Gasteiger partial charge in [0, 0.05) is 6.42 Å². The average Bonchev–Trinajstić information content (AvgIpc) is 2.70. The first-order valence-corrected chi connectivity index (χ1v) is 12.5. The van der Waals surface area contributed by atoms with Gasteiger partial charge in [-0.3, -0.25) is 4.79 Å². The number of nitrogens with zero attached hydrogens (tertiary/aromatic N) is 1. The fourth-order valence-electron chi connectivity index (χ4n) is 3.11. The zero-order valence-electron chi connectivity index (χ0n) is 21.4. The normalized spacial score (nSPS) is 12.6. The largest absolute Gasteiger partial charge is 0.479 e. The zero-order valence-corrected chi connectivity index (χ0v) is 21.4. The van der Waals surface area contributed by atoms with Crippen molar-refractivity contribution in [1.82, 2.24) is 5.43 Å². The fraction of sp³-hybridized carbons (Fsp3) is 0.769. The van der Waals surface area contributed by atoms with Crippen LogP contribution in [0.25, 0.3) is 0 Å². The molecule has 1 atom stereocenters. The van der Waals surface area contributed by atoms with Gasteiger partial charge < -0.3 is 10.2 Å². The summed E-state index contributed by atoms with van der Waals surface area (Å²) in [4.78, 5) is 21.4. The Bertz CT molecular complexity index is 514. The highest BCUT2D eigenvalue weighted by molar-refractivity contribution is 5.74. The van der Waals surface area contributed by atoms with Crippen LogP contribution >= 0.6 is 0 Å². The molecule has 188 valence electrons. The van der Waals surface area contributed by atoms with Crippen LogP contribution in [0.2, 0.25) is 0 Å². The minimum atomic E-state index is -1.23. The van der Waals surface area contributed by atoms with Crippen molar-refractivity contribution in [2.45, 2.75) is 110 Å². The van der Waals surface area contributed by atoms with Crippen LogP contribution in [0.5, 0.6) is 0 Å². The molecular formula is C26H51N2O4+. The number of quaternary nitrogens is 1. The molecule has 0 aromatic carbocycles. The smallest absolute Gasteiger partial charge is 0.332 e. The molecule has 0 radical (unpaired) electrons. The van der Waals surface area contributed by atoms with Crippen molar-refractivity contribution in [3.8, 4) is 0 Å². The third-order valence-corrected chi connectivity index (χ3v) is 4.92. The molecule has 0 saturated carbocycles. The molecule has 32 heavy (non-hydrogen) atoms. The van der Waals surface area contributed by atoms with Crippen LogP contribution in [-0.4, -0.2) is 53.4 Å². The third kappa shape index (κ3) is 26.4. The number of carboxylic acid groups (broad SMARTS) is 1. The Balaban J connectivity index is 0. The van der Waals surface area contributed by atoms with E-state index in [4.69, 9.17) is 10.2 Å². The number of rotatable bonds is 18. The maximum absolute atomic E-state index is 11.9. The lowest BCUT2D eigenvalue weighted by molar-refractivity contribution is -0.925. The van der Waals surface area contributed by atoms with Crippen LogP contribution in [0.1, 0.15) is 104 Å². The summed E-state index contributed by atoms with van der Waals surface area (Å²) in [5.41, 5.74) is 3.09. The first kappa shape index (κ1) is 32.5. The van der Waals surface area contributed by atoms with Gasteiger partial charge in [0.05, 0.1) is 14.1 Å². The predicted octanol–water partition coefficient (Wildman–Crippen LogP) is 5.77. The SMILES string of the molecule is CC(O)C(=O)O.CCCCC/C=C\C/C=C\CCCCCCCC(=O)N[N+](C)(C)CCC. The van der Waals surface area contributed by atoms with Crippen molar-refractivity contribution in [3.63, 3.8) is 0 Å². The second-order valence-corrected chi connectivity index (χ2v) is 8.94. The van der Waals surface area contributed by atoms with Gasteiger partial charge in [0.15, 0.2) is 0 Å². The fourth-order valence-corrected chi connectivity index (χ4v) is 3.11. The molecule has 6 heteroatoms. The molecule has 0 bridgehead atoms. The number of hydrogen-bond acceptors (Lipinski definition) is 3. The summed E-state index contributed by atoms with van der Waals surface area (Å²) in [6, 6.07) is 0. The van der Waals surface area contributed by atoms with E-state index in [2.05, 4.69) is 57.7 Å². The van der Waals surface area contributed by atoms with E-state index in [9.17, 15) is 9.59 Å². The Hall–Kier alpha value is -1.66. The summed E-state index contributed by atoms with van der Waals surface area (Å²) in [7, 11) is 4.11. The quantitative estimate of drug-likeness (QED) is 0.106. The van der Waals surface area contributed by atoms with Crippen LogP contribution in [0.3, 0.4) is 0 Å². The number of amides is 1. The van der Waals surface area contributed by atoms with Crippen LogP contribution in [0.4, 0.5) is 0 Å². The zero-order chi connectivity index (χ0) is 24.7. The molecule has 0 heterocycles. The number of nitrogens with one attached hydrogen (secondary N) is 1. The topological polar surface area (TPSA) is 86.6 Å². The van der Waals surface area contributed by atoms with Crippen LogP contribution in [0.15, 0.2) is 24.3 Å². The molecule has 0 aliphatic heterocycles. The van der Waals surface area contributed by atoms with E-state index in [1.807, 2.05) is 0 Å². The van der Waals surface area contributed by atoms with Crippen molar-refractivity contribution in [3.05, 3.63) is 24.3 Å². The van der Waals surface area contributed by atoms with Gasteiger partial charge in [-0.1, -0.05) is 70.3 Å². The van der Waals surface area contributed by atoms with E-state index in [1.165, 1.54) is 64.7 Å². The lowest BCUT2D eigenvalue weighted by atomic mass is 10.1. The number of aliphatic hydroxyl groups is 1. The molecule has 1 amide bonds. The maximum Gasteiger partial charge on any atom is 0.332 e. The number of carbonyl (C=O) groups is 2. The van der Waals surface area contributed by atoms with Crippen LogP contribution in [-0.2, 0) is 9.59 Å². The number of carbonyl (C=O) groups excluding carboxylic acids is 1. The standard InChI is InChI=1S/C23H44N2O.C3H6O3/c1-5-7-8-9-10-11-12-13-14-15-16-17-18-19-20-21-23(26)24-25(3,4)22-6-2;1-2(4)3(5)6/h10-11,13-14H,5-9,12,15-22H2,1-4H3;2,4H,1H3,(H,5,6)/p+1/b11-10-,14-13-;. The summed E-state index contributed by atoms with van der Waals surface area (Å²) in [5.74, 6) is -0.996. The Morgan fingerprint density at radius 3 is 1.84 bits per heavy atom. The Morgan fingerprint density at radius 2 is 1.34 bits per heavy atom. The van der Waals surface area contributed by atoms with Crippen LogP contribution in [0, 0.1) is 0 Å². The van der Waals surface area contributed by atoms with Crippen molar-refractivity contribution in [2.75, 3.05) is 20.6 Å². The van der Waals surface area contributed by atoms with Gasteiger partial charge in [-0.25, -0.2) is 14.8 Å². The van der Waals surface area contributed by atoms with Gasteiger partial charge >= 0.3 is 5.97 Å². The van der Waals surface area contributed by atoms with Gasteiger partial charge in [-0.05, 0) is 51.9 Å². The molecule has 0 rings (SSSR count). The molecule has 0 aliphatic carbocycles. The molecule has 0 spiro atoms. The number of allylic oxidation sites excluding steroid dienone is 4. The average molecular weight is 456 g/mol. The lowest BCUT2D eigenvalue weighted by Gasteiger charge is -2.28. The minimum Gasteiger partial charge on any atom is -0.479 e. The lowest BCUT2D eigenvalue weighted by Crippen LogP contribution is -2.54. The van der Waals surface area contributed by atoms with Gasteiger partial charge in [0.1, 0.15) is 12.6 Å². The summed E-state index contributed by atoms with van der Waals surface area (Å²) < 4.78 is 0.593.